The molecule has 1 aromatic heterocycles. The zero-order chi connectivity index (χ0) is 33.7. The molecule has 0 saturated heterocycles. The van der Waals surface area contributed by atoms with Crippen LogP contribution < -0.4 is 113 Å². The third-order valence-electron chi connectivity index (χ3n) is 6.87. The van der Waals surface area contributed by atoms with Crippen LogP contribution in [-0.2, 0) is 25.0 Å². The van der Waals surface area contributed by atoms with Crippen LogP contribution in [0.15, 0.2) is 45.5 Å². The molecule has 0 aliphatic carbocycles. The van der Waals surface area contributed by atoms with E-state index in [-0.39, 0.29) is 138 Å². The molecule has 1 amide bonds. The van der Waals surface area contributed by atoms with Crippen molar-refractivity contribution in [2.45, 2.75) is 65.2 Å². The summed E-state index contributed by atoms with van der Waals surface area (Å²) in [5.74, 6) is -0.912. The van der Waals surface area contributed by atoms with Crippen LogP contribution in [0, 0.1) is 25.2 Å². The Balaban J connectivity index is 0.00000552. The van der Waals surface area contributed by atoms with Crippen molar-refractivity contribution in [3.8, 4) is 11.8 Å². The van der Waals surface area contributed by atoms with Crippen LogP contribution in [0.4, 0.5) is 22.9 Å². The number of aryl methyl sites for hydroxylation is 2. The summed E-state index contributed by atoms with van der Waals surface area (Å²) in [4.78, 5) is 13.6. The van der Waals surface area contributed by atoms with E-state index in [9.17, 15) is 36.0 Å². The fraction of sp³-hybridized carbons (Fsp3) is 0.414. The molecular formula is C29H35K2N7O7S2. The molecule has 18 heteroatoms. The van der Waals surface area contributed by atoms with Crippen molar-refractivity contribution < 1.29 is 134 Å². The number of anilines is 2. The fourth-order valence-electron chi connectivity index (χ4n) is 4.83. The number of nitrogens with zero attached hydrogens (tertiary/aromatic N) is 6. The van der Waals surface area contributed by atoms with Crippen molar-refractivity contribution in [2.75, 3.05) is 29.1 Å². The van der Waals surface area contributed by atoms with Crippen LogP contribution in [0.1, 0.15) is 68.8 Å². The zero-order valence-corrected chi connectivity index (χ0v) is 35.7. The summed E-state index contributed by atoms with van der Waals surface area (Å²) >= 11 is 0. The van der Waals surface area contributed by atoms with E-state index in [1.807, 2.05) is 25.7 Å². The Morgan fingerprint density at radius 3 is 2.17 bits per heavy atom. The number of unbranched alkanes of at least 4 members (excludes halogenated alkanes) is 1. The number of benzene rings is 2. The van der Waals surface area contributed by atoms with Crippen LogP contribution in [0.2, 0.25) is 0 Å². The second-order valence-corrected chi connectivity index (χ2v) is 13.7. The predicted molar refractivity (Wildman–Crippen MR) is 166 cm³/mol. The van der Waals surface area contributed by atoms with Gasteiger partial charge in [-0.1, -0.05) is 13.8 Å². The van der Waals surface area contributed by atoms with Gasteiger partial charge >= 0.3 is 103 Å². The van der Waals surface area contributed by atoms with E-state index in [1.165, 1.54) is 23.7 Å². The summed E-state index contributed by atoms with van der Waals surface area (Å²) in [5.41, 5.74) is 3.17. The number of aromatic nitrogens is 2. The van der Waals surface area contributed by atoms with Crippen LogP contribution >= 0.6 is 0 Å². The summed E-state index contributed by atoms with van der Waals surface area (Å²) in [7, 11) is -9.00. The summed E-state index contributed by atoms with van der Waals surface area (Å²) in [6, 6.07) is 9.70. The average Bonchev–Trinajstić information content (AvgIpc) is 3.29. The number of nitriles is 1. The quantitative estimate of drug-likeness (QED) is 0.0971. The minimum Gasteiger partial charge on any atom is -0.748 e. The van der Waals surface area contributed by atoms with E-state index in [2.05, 4.69) is 26.7 Å². The molecule has 0 aliphatic heterocycles. The number of carbonyl (C=O) groups is 1. The van der Waals surface area contributed by atoms with E-state index < -0.39 is 30.9 Å². The van der Waals surface area contributed by atoms with E-state index in [0.29, 0.717) is 47.7 Å². The summed E-state index contributed by atoms with van der Waals surface area (Å²) in [6.07, 6.45) is 0.681. The van der Waals surface area contributed by atoms with E-state index >= 15 is 0 Å². The number of rotatable bonds is 13. The Kier molecular flexibility index (Phi) is 17.8. The van der Waals surface area contributed by atoms with Gasteiger partial charge in [-0.2, -0.15) is 10.4 Å². The van der Waals surface area contributed by atoms with Crippen molar-refractivity contribution in [3.63, 3.8) is 0 Å². The third-order valence-corrected chi connectivity index (χ3v) is 8.48. The maximum absolute atomic E-state index is 12.1. The molecule has 0 aliphatic rings. The maximum Gasteiger partial charge on any atom is 1.00 e. The molecule has 0 unspecified atom stereocenters. The van der Waals surface area contributed by atoms with Gasteiger partial charge in [0.25, 0.3) is 0 Å². The number of carbonyl (C=O) groups excluding carboxylic acids is 1. The minimum atomic E-state index is -4.71. The average molecular weight is 736 g/mol. The van der Waals surface area contributed by atoms with Gasteiger partial charge < -0.3 is 19.3 Å². The topological polar surface area (TPSA) is 213 Å². The van der Waals surface area contributed by atoms with Gasteiger partial charge in [-0.3, -0.25) is 4.79 Å². The molecule has 0 atom stereocenters. The second-order valence-electron chi connectivity index (χ2n) is 10.8. The van der Waals surface area contributed by atoms with Crippen molar-refractivity contribution in [1.82, 2.24) is 9.78 Å². The number of amides is 1. The SMILES string of the molecule is CCN(CCCCS(=O)(=O)[O-])c1ccc(N=Nc2c(C#N)c(C(C)C)nn2-c2c(C)cc(S(=O)(=O)[O-])cc2C)c(NC(C)=O)c1.[K+].[K+]. The number of azo groups is 1. The van der Waals surface area contributed by atoms with Gasteiger partial charge in [-0.05, 0) is 81.0 Å². The fourth-order valence-corrected chi connectivity index (χ4v) is 6.03. The molecule has 1 heterocycles. The van der Waals surface area contributed by atoms with Crippen molar-refractivity contribution >= 4 is 49.0 Å². The second kappa shape index (κ2) is 18.9. The monoisotopic (exact) mass is 735 g/mol. The van der Waals surface area contributed by atoms with E-state index in [4.69, 9.17) is 0 Å². The predicted octanol–water partition coefficient (Wildman–Crippen LogP) is -1.08. The Morgan fingerprint density at radius 2 is 1.68 bits per heavy atom. The minimum absolute atomic E-state index is 0. The molecule has 0 spiro atoms. The molecule has 3 rings (SSSR count). The van der Waals surface area contributed by atoms with Gasteiger partial charge in [0.15, 0.2) is 5.82 Å². The van der Waals surface area contributed by atoms with Gasteiger partial charge in [0.2, 0.25) is 5.91 Å². The third kappa shape index (κ3) is 12.1. The zero-order valence-electron chi connectivity index (χ0n) is 27.9. The van der Waals surface area contributed by atoms with Gasteiger partial charge in [0.1, 0.15) is 27.4 Å². The van der Waals surface area contributed by atoms with Crippen LogP contribution in [0.3, 0.4) is 0 Å². The molecule has 0 bridgehead atoms. The Morgan fingerprint density at radius 1 is 1.06 bits per heavy atom. The molecule has 242 valence electrons. The first-order valence-electron chi connectivity index (χ1n) is 14.1. The molecular weight excluding hydrogens is 701 g/mol. The van der Waals surface area contributed by atoms with Gasteiger partial charge in [-0.15, -0.1) is 10.2 Å². The van der Waals surface area contributed by atoms with Crippen molar-refractivity contribution in [3.05, 3.63) is 52.7 Å². The molecule has 0 radical (unpaired) electrons. The normalized spacial score (nSPS) is 11.6. The van der Waals surface area contributed by atoms with Gasteiger partial charge in [0, 0.05) is 31.5 Å². The molecule has 14 nitrogen and oxygen atoms in total. The molecule has 2 aromatic carbocycles. The van der Waals surface area contributed by atoms with Crippen LogP contribution in [-0.4, -0.2) is 60.5 Å². The molecule has 0 fully saturated rings. The van der Waals surface area contributed by atoms with Crippen molar-refractivity contribution in [2.24, 2.45) is 10.2 Å². The van der Waals surface area contributed by atoms with Crippen LogP contribution in [0.25, 0.3) is 5.69 Å². The molecule has 1 N–H and O–H groups in total. The standard InChI is InChI=1S/C29H37N7O7S2.2K/c1-7-35(12-8-9-13-44(38,39)40)22-10-11-25(26(16-22)31-21(6)37)32-33-29-24(17-30)27(18(2)3)34-36(29)28-19(4)14-23(15-20(28)5)45(41,42)43;;/h10-11,14-16,18H,7-9,12-13H2,1-6H3,(H,31,37)(H,38,39,40)(H,41,42,43);;/q;2*+1/p-2. The molecule has 47 heavy (non-hydrogen) atoms. The van der Waals surface area contributed by atoms with Gasteiger partial charge in [-0.25, -0.2) is 21.5 Å². The first-order valence-corrected chi connectivity index (χ1v) is 17.1. The van der Waals surface area contributed by atoms with Gasteiger partial charge in [0.05, 0.1) is 32.1 Å². The smallest absolute Gasteiger partial charge is 0.748 e. The number of hydrogen-bond donors (Lipinski definition) is 1. The Bertz CT molecular complexity index is 1870. The van der Waals surface area contributed by atoms with E-state index in [1.54, 1.807) is 32.0 Å². The molecule has 3 aromatic rings. The van der Waals surface area contributed by atoms with E-state index in [0.717, 1.165) is 5.69 Å². The first kappa shape index (κ1) is 44.1. The first-order chi connectivity index (χ1) is 21.0. The largest absolute Gasteiger partial charge is 1.00 e. The number of hydrogen-bond acceptors (Lipinski definition) is 12. The van der Waals surface area contributed by atoms with Crippen LogP contribution in [0.5, 0.6) is 0 Å². The van der Waals surface area contributed by atoms with Crippen molar-refractivity contribution in [1.29, 1.82) is 5.26 Å². The molecule has 0 saturated carbocycles. The maximum atomic E-state index is 12.1. The number of nitrogens with one attached hydrogen (secondary N) is 1. The summed E-state index contributed by atoms with van der Waals surface area (Å²) < 4.78 is 69.3. The summed E-state index contributed by atoms with van der Waals surface area (Å²) in [6.45, 7) is 11.2. The Labute approximate surface area is 361 Å². The Hall–Kier alpha value is -0.897. The summed E-state index contributed by atoms with van der Waals surface area (Å²) in [5, 5.41) is 26.2.